The molecule has 1 saturated carbocycles. The van der Waals surface area contributed by atoms with Gasteiger partial charge in [0, 0.05) is 28.5 Å². The van der Waals surface area contributed by atoms with E-state index < -0.39 is 0 Å². The molecule has 0 amide bonds. The molecule has 1 aliphatic rings. The molecule has 0 spiro atoms. The van der Waals surface area contributed by atoms with E-state index in [1.807, 2.05) is 0 Å². The summed E-state index contributed by atoms with van der Waals surface area (Å²) in [5, 5.41) is 1.24. The van der Waals surface area contributed by atoms with Gasteiger partial charge in [-0.05, 0) is 24.4 Å². The molecule has 2 rings (SSSR count). The summed E-state index contributed by atoms with van der Waals surface area (Å²) >= 11 is 3.70. The molecule has 0 N–H and O–H groups in total. The lowest BCUT2D eigenvalue weighted by Crippen LogP contribution is -1.75. The van der Waals surface area contributed by atoms with Crippen molar-refractivity contribution in [1.29, 1.82) is 0 Å². The van der Waals surface area contributed by atoms with Gasteiger partial charge in [-0.2, -0.15) is 4.37 Å². The Labute approximate surface area is 71.0 Å². The van der Waals surface area contributed by atoms with Gasteiger partial charge in [0.1, 0.15) is 5.01 Å². The molecule has 0 atom stereocenters. The molecule has 1 fully saturated rings. The normalized spacial score (nSPS) is 18.3. The Balaban J connectivity index is 2.28. The van der Waals surface area contributed by atoms with E-state index in [-0.39, 0.29) is 0 Å². The third kappa shape index (κ3) is 1.24. The van der Waals surface area contributed by atoms with Gasteiger partial charge >= 0.3 is 0 Å². The zero-order valence-electron chi connectivity index (χ0n) is 4.67. The Hall–Kier alpha value is 0.290. The fraction of sp³-hybridized carbons (Fsp3) is 0.600. The van der Waals surface area contributed by atoms with Gasteiger partial charge in [-0.1, -0.05) is 0 Å². The van der Waals surface area contributed by atoms with E-state index in [2.05, 4.69) is 31.9 Å². The van der Waals surface area contributed by atoms with E-state index in [1.165, 1.54) is 17.8 Å². The van der Waals surface area contributed by atoms with Gasteiger partial charge in [0.2, 0.25) is 3.83 Å². The Morgan fingerprint density at radius 1 is 1.56 bits per heavy atom. The maximum Gasteiger partial charge on any atom is 0.203 e. The van der Waals surface area contributed by atoms with E-state index >= 15 is 0 Å². The first kappa shape index (κ1) is 6.03. The molecular weight excluding hydrogens is 247 g/mol. The summed E-state index contributed by atoms with van der Waals surface area (Å²) in [6.45, 7) is 0. The first-order valence-electron chi connectivity index (χ1n) is 2.85. The van der Waals surface area contributed by atoms with Gasteiger partial charge in [0.05, 0.1) is 0 Å². The number of hydrogen-bond acceptors (Lipinski definition) is 3. The maximum atomic E-state index is 4.27. The van der Waals surface area contributed by atoms with Crippen LogP contribution in [0.25, 0.3) is 0 Å². The molecule has 0 unspecified atom stereocenters. The molecule has 0 aliphatic heterocycles. The van der Waals surface area contributed by atoms with Crippen molar-refractivity contribution in [3.05, 3.63) is 8.84 Å². The monoisotopic (exact) mass is 252 g/mol. The summed E-state index contributed by atoms with van der Waals surface area (Å²) in [7, 11) is 0. The molecule has 1 aliphatic carbocycles. The molecule has 0 bridgehead atoms. The summed E-state index contributed by atoms with van der Waals surface area (Å²) in [6.07, 6.45) is 2.65. The van der Waals surface area contributed by atoms with Crippen LogP contribution in [-0.4, -0.2) is 9.36 Å². The zero-order chi connectivity index (χ0) is 6.27. The fourth-order valence-electron chi connectivity index (χ4n) is 0.712. The summed E-state index contributed by atoms with van der Waals surface area (Å²) in [6, 6.07) is 0. The summed E-state index contributed by atoms with van der Waals surface area (Å²) in [5.41, 5.74) is 0. The molecule has 2 nitrogen and oxygen atoms in total. The quantitative estimate of drug-likeness (QED) is 0.714. The predicted octanol–water partition coefficient (Wildman–Crippen LogP) is 2.02. The highest BCUT2D eigenvalue weighted by molar-refractivity contribution is 14.1. The summed E-state index contributed by atoms with van der Waals surface area (Å²) < 4.78 is 5.00. The van der Waals surface area contributed by atoms with Gasteiger partial charge < -0.3 is 0 Å². The average molecular weight is 252 g/mol. The van der Waals surface area contributed by atoms with Crippen LogP contribution in [0, 0.1) is 3.83 Å². The molecule has 1 aromatic rings. The van der Waals surface area contributed by atoms with E-state index in [0.29, 0.717) is 0 Å². The van der Waals surface area contributed by atoms with Gasteiger partial charge in [-0.15, -0.1) is 0 Å². The second kappa shape index (κ2) is 2.16. The minimum Gasteiger partial charge on any atom is -0.215 e. The van der Waals surface area contributed by atoms with Crippen molar-refractivity contribution in [2.75, 3.05) is 0 Å². The SMILES string of the molecule is Ic1nsc(C2CC2)n1. The maximum absolute atomic E-state index is 4.27. The smallest absolute Gasteiger partial charge is 0.203 e. The lowest BCUT2D eigenvalue weighted by molar-refractivity contribution is 1.06. The number of aromatic nitrogens is 2. The van der Waals surface area contributed by atoms with E-state index in [9.17, 15) is 0 Å². The number of hydrogen-bond donors (Lipinski definition) is 0. The number of halogens is 1. The highest BCUT2D eigenvalue weighted by atomic mass is 127. The first-order valence-corrected chi connectivity index (χ1v) is 4.70. The minimum absolute atomic E-state index is 0.769. The molecule has 4 heteroatoms. The largest absolute Gasteiger partial charge is 0.215 e. The molecule has 9 heavy (non-hydrogen) atoms. The zero-order valence-corrected chi connectivity index (χ0v) is 7.65. The summed E-state index contributed by atoms with van der Waals surface area (Å²) in [5.74, 6) is 0.769. The van der Waals surface area contributed by atoms with E-state index in [1.54, 1.807) is 11.5 Å². The van der Waals surface area contributed by atoms with Gasteiger partial charge in [0.15, 0.2) is 0 Å². The standard InChI is InChI=1S/C5H5IN2S/c6-5-7-4(9-8-5)3-1-2-3/h3H,1-2H2. The van der Waals surface area contributed by atoms with Gasteiger partial charge in [0.25, 0.3) is 0 Å². The number of nitrogens with zero attached hydrogens (tertiary/aromatic N) is 2. The van der Waals surface area contributed by atoms with Crippen molar-refractivity contribution in [2.45, 2.75) is 18.8 Å². The van der Waals surface area contributed by atoms with Crippen molar-refractivity contribution >= 4 is 34.1 Å². The van der Waals surface area contributed by atoms with Crippen LogP contribution < -0.4 is 0 Å². The average Bonchev–Trinajstić information content (AvgIpc) is 2.58. The Morgan fingerprint density at radius 3 is 2.78 bits per heavy atom. The second-order valence-corrected chi connectivity index (χ2v) is 3.92. The molecule has 1 heterocycles. The van der Waals surface area contributed by atoms with Gasteiger partial charge in [-0.25, -0.2) is 4.98 Å². The molecule has 0 saturated heterocycles. The summed E-state index contributed by atoms with van der Waals surface area (Å²) in [4.78, 5) is 4.27. The predicted molar refractivity (Wildman–Crippen MR) is 44.6 cm³/mol. The van der Waals surface area contributed by atoms with Crippen molar-refractivity contribution in [2.24, 2.45) is 0 Å². The van der Waals surface area contributed by atoms with Crippen LogP contribution in [-0.2, 0) is 0 Å². The molecular formula is C5H5IN2S. The minimum atomic E-state index is 0.769. The lowest BCUT2D eigenvalue weighted by Gasteiger charge is -1.79. The van der Waals surface area contributed by atoms with E-state index in [0.717, 1.165) is 9.75 Å². The van der Waals surface area contributed by atoms with Crippen molar-refractivity contribution in [3.8, 4) is 0 Å². The molecule has 0 aromatic carbocycles. The third-order valence-electron chi connectivity index (χ3n) is 1.34. The Bertz CT molecular complexity index is 218. The van der Waals surface area contributed by atoms with Crippen LogP contribution in [0.5, 0.6) is 0 Å². The number of rotatable bonds is 1. The van der Waals surface area contributed by atoms with Crippen molar-refractivity contribution in [1.82, 2.24) is 9.36 Å². The van der Waals surface area contributed by atoms with Crippen LogP contribution in [0.2, 0.25) is 0 Å². The highest BCUT2D eigenvalue weighted by Crippen LogP contribution is 2.40. The van der Waals surface area contributed by atoms with E-state index in [4.69, 9.17) is 0 Å². The molecule has 0 radical (unpaired) electrons. The van der Waals surface area contributed by atoms with Crippen molar-refractivity contribution in [3.63, 3.8) is 0 Å². The van der Waals surface area contributed by atoms with Crippen molar-refractivity contribution < 1.29 is 0 Å². The van der Waals surface area contributed by atoms with Crippen LogP contribution in [0.3, 0.4) is 0 Å². The Morgan fingerprint density at radius 2 is 2.33 bits per heavy atom. The first-order chi connectivity index (χ1) is 4.36. The fourth-order valence-corrected chi connectivity index (χ4v) is 2.15. The second-order valence-electron chi connectivity index (χ2n) is 2.18. The van der Waals surface area contributed by atoms with Crippen LogP contribution >= 0.6 is 34.1 Å². The van der Waals surface area contributed by atoms with Crippen LogP contribution in [0.1, 0.15) is 23.8 Å². The highest BCUT2D eigenvalue weighted by Gasteiger charge is 2.26. The third-order valence-corrected chi connectivity index (χ3v) is 3.03. The topological polar surface area (TPSA) is 25.8 Å². The van der Waals surface area contributed by atoms with Gasteiger partial charge in [-0.3, -0.25) is 0 Å². The Kier molecular flexibility index (Phi) is 1.45. The molecule has 1 aromatic heterocycles. The van der Waals surface area contributed by atoms with Crippen LogP contribution in [0.4, 0.5) is 0 Å². The van der Waals surface area contributed by atoms with Crippen LogP contribution in [0.15, 0.2) is 0 Å². The molecule has 48 valence electrons. The lowest BCUT2D eigenvalue weighted by atomic mass is 10.5.